The van der Waals surface area contributed by atoms with Crippen LogP contribution < -0.4 is 10.1 Å². The predicted octanol–water partition coefficient (Wildman–Crippen LogP) is 4.40. The minimum absolute atomic E-state index is 0.244. The zero-order valence-electron chi connectivity index (χ0n) is 15.3. The van der Waals surface area contributed by atoms with E-state index in [9.17, 15) is 9.59 Å². The maximum Gasteiger partial charge on any atom is 0.339 e. The summed E-state index contributed by atoms with van der Waals surface area (Å²) >= 11 is 0. The van der Waals surface area contributed by atoms with Gasteiger partial charge in [-0.1, -0.05) is 36.4 Å². The van der Waals surface area contributed by atoms with Crippen LogP contribution in [0.5, 0.6) is 5.75 Å². The van der Waals surface area contributed by atoms with Crippen molar-refractivity contribution in [2.24, 2.45) is 0 Å². The van der Waals surface area contributed by atoms with Gasteiger partial charge < -0.3 is 14.8 Å². The van der Waals surface area contributed by atoms with Crippen LogP contribution in [0.1, 0.15) is 37.9 Å². The highest BCUT2D eigenvalue weighted by Gasteiger charge is 2.28. The molecule has 0 fully saturated rings. The summed E-state index contributed by atoms with van der Waals surface area (Å²) in [6, 6.07) is 21.8. The highest BCUT2D eigenvalue weighted by atomic mass is 16.5. The summed E-state index contributed by atoms with van der Waals surface area (Å²) < 4.78 is 10.7. The second kappa shape index (κ2) is 7.56. The number of esters is 1. The third-order valence-electron chi connectivity index (χ3n) is 4.74. The van der Waals surface area contributed by atoms with Crippen LogP contribution in [0.3, 0.4) is 0 Å². The topological polar surface area (TPSA) is 64.6 Å². The van der Waals surface area contributed by atoms with E-state index < -0.39 is 0 Å². The molecule has 5 heteroatoms. The highest BCUT2D eigenvalue weighted by Crippen LogP contribution is 2.31. The number of methoxy groups -OCH3 is 1. The number of benzene rings is 3. The molecule has 1 heterocycles. The van der Waals surface area contributed by atoms with Gasteiger partial charge in [0.15, 0.2) is 0 Å². The van der Waals surface area contributed by atoms with Crippen LogP contribution in [0.2, 0.25) is 0 Å². The van der Waals surface area contributed by atoms with Crippen molar-refractivity contribution in [2.75, 3.05) is 12.4 Å². The Bertz CT molecular complexity index is 1030. The molecule has 3 aromatic rings. The number of carbonyl (C=O) groups excluding carboxylic acids is 2. The van der Waals surface area contributed by atoms with Gasteiger partial charge in [0, 0.05) is 23.7 Å². The highest BCUT2D eigenvalue weighted by molar-refractivity contribution is 6.05. The lowest BCUT2D eigenvalue weighted by atomic mass is 9.93. The Morgan fingerprint density at radius 3 is 2.64 bits per heavy atom. The van der Waals surface area contributed by atoms with Crippen molar-refractivity contribution in [2.45, 2.75) is 12.5 Å². The lowest BCUT2D eigenvalue weighted by molar-refractivity contribution is 0.0252. The molecule has 0 radical (unpaired) electrons. The standard InChI is InChI=1S/C23H19NO4/c1-27-19-9-5-8-18(14-19)24-22(25)16-10-11-20-17(12-16)13-21(28-23(20)26)15-6-3-2-4-7-15/h2-12,14,21H,13H2,1H3,(H,24,25)/t21-/m0/s1. The number of carbonyl (C=O) groups is 2. The molecule has 0 bridgehead atoms. The molecule has 1 N–H and O–H groups in total. The number of nitrogens with one attached hydrogen (secondary N) is 1. The van der Waals surface area contributed by atoms with Gasteiger partial charge in [-0.05, 0) is 41.5 Å². The molecule has 28 heavy (non-hydrogen) atoms. The Morgan fingerprint density at radius 1 is 1.04 bits per heavy atom. The van der Waals surface area contributed by atoms with Crippen LogP contribution >= 0.6 is 0 Å². The van der Waals surface area contributed by atoms with Gasteiger partial charge in [0.1, 0.15) is 11.9 Å². The van der Waals surface area contributed by atoms with E-state index in [4.69, 9.17) is 9.47 Å². The number of ether oxygens (including phenoxy) is 2. The molecule has 0 saturated heterocycles. The number of hydrogen-bond donors (Lipinski definition) is 1. The molecule has 0 aliphatic carbocycles. The van der Waals surface area contributed by atoms with Crippen LogP contribution in [0.25, 0.3) is 0 Å². The molecule has 1 aliphatic rings. The van der Waals surface area contributed by atoms with Crippen molar-refractivity contribution in [1.29, 1.82) is 0 Å². The molecule has 0 spiro atoms. The summed E-state index contributed by atoms with van der Waals surface area (Å²) in [6.07, 6.45) is 0.184. The van der Waals surface area contributed by atoms with E-state index in [1.54, 1.807) is 37.4 Å². The Kier molecular flexibility index (Phi) is 4.81. The van der Waals surface area contributed by atoms with Crippen LogP contribution in [-0.4, -0.2) is 19.0 Å². The quantitative estimate of drug-likeness (QED) is 0.689. The third-order valence-corrected chi connectivity index (χ3v) is 4.74. The molecule has 4 rings (SSSR count). The smallest absolute Gasteiger partial charge is 0.339 e. The summed E-state index contributed by atoms with van der Waals surface area (Å²) in [5.74, 6) is 0.0535. The normalized spacial score (nSPS) is 15.3. The monoisotopic (exact) mass is 373 g/mol. The molecule has 1 aliphatic heterocycles. The van der Waals surface area contributed by atoms with E-state index in [1.807, 2.05) is 42.5 Å². The number of anilines is 1. The van der Waals surface area contributed by atoms with Gasteiger partial charge in [0.2, 0.25) is 0 Å². The van der Waals surface area contributed by atoms with Gasteiger partial charge in [-0.3, -0.25) is 4.79 Å². The molecular weight excluding hydrogens is 354 g/mol. The largest absolute Gasteiger partial charge is 0.497 e. The van der Waals surface area contributed by atoms with Gasteiger partial charge in [0.05, 0.1) is 12.7 Å². The van der Waals surface area contributed by atoms with E-state index in [1.165, 1.54) is 0 Å². The Labute approximate surface area is 162 Å². The summed E-state index contributed by atoms with van der Waals surface area (Å²) in [4.78, 5) is 25.0. The molecule has 3 aromatic carbocycles. The molecule has 140 valence electrons. The number of fused-ring (bicyclic) bond motifs is 1. The number of cyclic esters (lactones) is 1. The van der Waals surface area contributed by atoms with Crippen molar-refractivity contribution in [3.63, 3.8) is 0 Å². The van der Waals surface area contributed by atoms with Gasteiger partial charge >= 0.3 is 5.97 Å². The minimum atomic E-state index is -0.366. The van der Waals surface area contributed by atoms with E-state index in [-0.39, 0.29) is 18.0 Å². The van der Waals surface area contributed by atoms with Gasteiger partial charge in [-0.2, -0.15) is 0 Å². The van der Waals surface area contributed by atoms with Crippen molar-refractivity contribution in [3.05, 3.63) is 95.1 Å². The van der Waals surface area contributed by atoms with Crippen molar-refractivity contribution >= 4 is 17.6 Å². The first-order valence-corrected chi connectivity index (χ1v) is 8.98. The average molecular weight is 373 g/mol. The molecule has 5 nitrogen and oxygen atoms in total. The van der Waals surface area contributed by atoms with Gasteiger partial charge in [0.25, 0.3) is 5.91 Å². The zero-order chi connectivity index (χ0) is 19.5. The fourth-order valence-corrected chi connectivity index (χ4v) is 3.29. The molecule has 1 amide bonds. The van der Waals surface area contributed by atoms with Crippen LogP contribution in [0, 0.1) is 0 Å². The lowest BCUT2D eigenvalue weighted by Crippen LogP contribution is -2.23. The van der Waals surface area contributed by atoms with E-state index >= 15 is 0 Å². The minimum Gasteiger partial charge on any atom is -0.497 e. The first kappa shape index (κ1) is 17.8. The second-order valence-corrected chi connectivity index (χ2v) is 6.57. The molecular formula is C23H19NO4. The molecule has 0 unspecified atom stereocenters. The van der Waals surface area contributed by atoms with Crippen LogP contribution in [0.15, 0.2) is 72.8 Å². The molecule has 0 aromatic heterocycles. The van der Waals surface area contributed by atoms with E-state index in [0.717, 1.165) is 11.1 Å². The Morgan fingerprint density at radius 2 is 1.86 bits per heavy atom. The lowest BCUT2D eigenvalue weighted by Gasteiger charge is -2.25. The summed E-state index contributed by atoms with van der Waals surface area (Å²) in [7, 11) is 1.58. The molecule has 1 atom stereocenters. The first-order valence-electron chi connectivity index (χ1n) is 8.98. The maximum absolute atomic E-state index is 12.7. The van der Waals surface area contributed by atoms with Crippen LogP contribution in [0.4, 0.5) is 5.69 Å². The van der Waals surface area contributed by atoms with E-state index in [2.05, 4.69) is 5.32 Å². The van der Waals surface area contributed by atoms with Gasteiger partial charge in [-0.25, -0.2) is 4.79 Å². The fraction of sp³-hybridized carbons (Fsp3) is 0.130. The van der Waals surface area contributed by atoms with E-state index in [0.29, 0.717) is 29.0 Å². The maximum atomic E-state index is 12.7. The van der Waals surface area contributed by atoms with Crippen LogP contribution in [-0.2, 0) is 11.2 Å². The Balaban J connectivity index is 1.57. The van der Waals surface area contributed by atoms with Crippen molar-refractivity contribution in [3.8, 4) is 5.75 Å². The second-order valence-electron chi connectivity index (χ2n) is 6.57. The fourth-order valence-electron chi connectivity index (χ4n) is 3.29. The van der Waals surface area contributed by atoms with Crippen molar-refractivity contribution < 1.29 is 19.1 Å². The SMILES string of the molecule is COc1cccc(NC(=O)c2ccc3c(c2)C[C@@H](c2ccccc2)OC3=O)c1. The summed E-state index contributed by atoms with van der Waals surface area (Å²) in [5.41, 5.74) is 3.38. The first-order chi connectivity index (χ1) is 13.6. The molecule has 0 saturated carbocycles. The Hall–Kier alpha value is -3.60. The average Bonchev–Trinajstić information content (AvgIpc) is 2.74. The summed E-state index contributed by atoms with van der Waals surface area (Å²) in [5, 5.41) is 2.86. The predicted molar refractivity (Wildman–Crippen MR) is 106 cm³/mol. The zero-order valence-corrected chi connectivity index (χ0v) is 15.3. The van der Waals surface area contributed by atoms with Gasteiger partial charge in [-0.15, -0.1) is 0 Å². The summed E-state index contributed by atoms with van der Waals surface area (Å²) in [6.45, 7) is 0. The number of hydrogen-bond acceptors (Lipinski definition) is 4. The number of amides is 1. The third kappa shape index (κ3) is 3.60. The van der Waals surface area contributed by atoms with Crippen molar-refractivity contribution in [1.82, 2.24) is 0 Å². The number of rotatable bonds is 4.